The number of halogens is 15. The second-order valence-corrected chi connectivity index (χ2v) is 18.8. The van der Waals surface area contributed by atoms with E-state index in [1.54, 1.807) is 0 Å². The van der Waals surface area contributed by atoms with E-state index < -0.39 is 162 Å². The molecule has 0 N–H and O–H groups in total. The molecule has 4 nitrogen and oxygen atoms in total. The number of benzene rings is 6. The number of fused-ring (bicyclic) bond motifs is 9. The van der Waals surface area contributed by atoms with E-state index in [0.717, 1.165) is 48.6 Å². The first-order valence-corrected chi connectivity index (χ1v) is 23.2. The first-order valence-electron chi connectivity index (χ1n) is 21.7. The molecule has 0 saturated carbocycles. The van der Waals surface area contributed by atoms with E-state index in [9.17, 15) is 39.5 Å². The van der Waals surface area contributed by atoms with Gasteiger partial charge in [0.25, 0.3) is 0 Å². The van der Waals surface area contributed by atoms with Gasteiger partial charge in [0.15, 0.2) is 69.8 Å². The minimum atomic E-state index is -2.62. The van der Waals surface area contributed by atoms with Crippen LogP contribution in [0.3, 0.4) is 0 Å². The zero-order valence-electron chi connectivity index (χ0n) is 37.6. The van der Waals surface area contributed by atoms with Crippen LogP contribution in [0.1, 0.15) is 11.4 Å². The van der Waals surface area contributed by atoms with Crippen LogP contribution >= 0.6 is 7.92 Å². The first-order chi connectivity index (χ1) is 36.0. The molecule has 1 aliphatic rings. The van der Waals surface area contributed by atoms with Gasteiger partial charge in [0, 0.05) is 16.8 Å². The Morgan fingerprint density at radius 2 is 0.474 bits per heavy atom. The van der Waals surface area contributed by atoms with Crippen molar-refractivity contribution in [2.75, 3.05) is 0 Å². The number of hydrogen-bond donors (Lipinski definition) is 0. The van der Waals surface area contributed by atoms with Crippen molar-refractivity contribution in [3.05, 3.63) is 226 Å². The number of rotatable bonds is 6. The zero-order chi connectivity index (χ0) is 53.1. The molecule has 0 atom stereocenters. The summed E-state index contributed by atoms with van der Waals surface area (Å²) in [5.74, 6) is -37.0. The third kappa shape index (κ3) is 8.98. The minimum Gasteiger partial charge on any atom is -0.658 e. The number of aromatic nitrogens is 4. The number of nitrogens with zero attached hydrogens (tertiary/aromatic N) is 4. The Balaban J connectivity index is 0.000000296. The van der Waals surface area contributed by atoms with Crippen LogP contribution in [0.4, 0.5) is 65.9 Å². The van der Waals surface area contributed by atoms with Crippen LogP contribution in [0.15, 0.2) is 127 Å². The molecule has 11 rings (SSSR count). The van der Waals surface area contributed by atoms with Gasteiger partial charge in [-0.05, 0) is 65.2 Å². The Hall–Kier alpha value is -8.06. The Kier molecular flexibility index (Phi) is 14.5. The molecule has 0 spiro atoms. The molecule has 6 aromatic carbocycles. The van der Waals surface area contributed by atoms with Gasteiger partial charge >= 0.3 is 0 Å². The van der Waals surface area contributed by atoms with Crippen molar-refractivity contribution < 1.29 is 82.6 Å². The summed E-state index contributed by atoms with van der Waals surface area (Å²) >= 11 is 0. The van der Waals surface area contributed by atoms with Crippen LogP contribution < -0.4 is 30.9 Å². The van der Waals surface area contributed by atoms with Gasteiger partial charge in [-0.15, -0.1) is 22.1 Å². The van der Waals surface area contributed by atoms with E-state index in [0.29, 0.717) is 0 Å². The molecule has 76 heavy (non-hydrogen) atoms. The molecule has 385 valence electrons. The van der Waals surface area contributed by atoms with E-state index >= 15 is 26.3 Å². The van der Waals surface area contributed by atoms with Gasteiger partial charge in [-0.3, -0.25) is 0 Å². The maximum atomic E-state index is 15.5. The van der Waals surface area contributed by atoms with E-state index in [4.69, 9.17) is 0 Å². The first kappa shape index (κ1) is 52.8. The van der Waals surface area contributed by atoms with Crippen LogP contribution in [0, 0.1) is 87.3 Å². The van der Waals surface area contributed by atoms with Crippen LogP contribution in [0.2, 0.25) is 0 Å². The summed E-state index contributed by atoms with van der Waals surface area (Å²) in [4.78, 5) is 16.3. The topological polar surface area (TPSA) is 55.2 Å². The van der Waals surface area contributed by atoms with Gasteiger partial charge in [-0.25, -0.2) is 70.8 Å². The van der Waals surface area contributed by atoms with Crippen molar-refractivity contribution in [3.8, 4) is 33.4 Å². The summed E-state index contributed by atoms with van der Waals surface area (Å²) < 4.78 is 223. The molecular formula is C55H24CoF15N4P-2. The maximum absolute atomic E-state index is 15.5. The van der Waals surface area contributed by atoms with E-state index in [1.807, 2.05) is 0 Å². The standard InChI is InChI=1S/C37H8F15N4.C18H15P.Co/c38-23-20(24(39)30(45)35(50)29(23)44)17-11-3-1-9(53-11)10-2-4-12(54-10)18(21-25(40)31(46)36(51)32(47)26(21)41)14-6-8-16(56-14)19(15-7-5-13(17)55-15)22-27(42)33(48)37(52)34(49)28(22)43;1-4-10-16(11-5-1)19(17-12-6-2-7-13-17)18-14-8-3-9-15-18;/h1-8H;1-15H;/q-3;;/p+1. The van der Waals surface area contributed by atoms with Crippen LogP contribution in [0.5, 0.6) is 0 Å². The molecule has 0 saturated heterocycles. The predicted octanol–water partition coefficient (Wildman–Crippen LogP) is 13.8. The molecule has 5 heterocycles. The fourth-order valence-electron chi connectivity index (χ4n) is 8.52. The molecule has 0 unspecified atom stereocenters. The van der Waals surface area contributed by atoms with Gasteiger partial charge in [0.05, 0.1) is 36.0 Å². The van der Waals surface area contributed by atoms with Gasteiger partial charge < -0.3 is 15.0 Å². The van der Waals surface area contributed by atoms with Crippen LogP contribution in [-0.4, -0.2) is 4.98 Å². The molecule has 21 heteroatoms. The van der Waals surface area contributed by atoms with Crippen LogP contribution in [0.25, 0.3) is 78.6 Å². The second-order valence-electron chi connectivity index (χ2n) is 16.3. The quantitative estimate of drug-likeness (QED) is 0.0721. The van der Waals surface area contributed by atoms with Gasteiger partial charge in [-0.1, -0.05) is 91.0 Å². The Morgan fingerprint density at radius 1 is 0.250 bits per heavy atom. The Morgan fingerprint density at radius 3 is 0.763 bits per heavy atom. The maximum Gasteiger partial charge on any atom is 0.200 e. The van der Waals surface area contributed by atoms with Crippen LogP contribution in [-0.2, 0) is 16.8 Å². The molecule has 10 aromatic rings. The third-order valence-corrected chi connectivity index (χ3v) is 14.7. The molecule has 0 fully saturated rings. The summed E-state index contributed by atoms with van der Waals surface area (Å²) in [7, 11) is -0.877. The SMILES string of the molecule is Fc1c(F)c(F)c(-c2c3nc(c(-c4c(F)c(F)c(F)c(F)c4F)c4ccc([n-]4)c4ccc([n-]4)c(-c4c(F)c(F)c(F)c(F)c4F)c4ccc2[n-]4)C=C3)c(F)c1F.[Co].c1ccc([PH+](c2ccccc2)c2ccccc2)cc1. The summed E-state index contributed by atoms with van der Waals surface area (Å²) in [6.07, 6.45) is 1.56. The second kappa shape index (κ2) is 20.9. The Labute approximate surface area is 429 Å². The average Bonchev–Trinajstić information content (AvgIpc) is 4.30. The largest absolute Gasteiger partial charge is 0.658 e. The van der Waals surface area contributed by atoms with E-state index in [1.165, 1.54) is 15.9 Å². The summed E-state index contributed by atoms with van der Waals surface area (Å²) in [5, 5.41) is 4.31. The molecule has 0 aliphatic carbocycles. The molecule has 0 amide bonds. The summed E-state index contributed by atoms with van der Waals surface area (Å²) in [5.41, 5.74) is -13.0. The summed E-state index contributed by atoms with van der Waals surface area (Å²) in [6, 6.07) is 38.1. The van der Waals surface area contributed by atoms with Crippen molar-refractivity contribution in [2.24, 2.45) is 0 Å². The van der Waals surface area contributed by atoms with Crippen molar-refractivity contribution in [2.45, 2.75) is 0 Å². The smallest absolute Gasteiger partial charge is 0.200 e. The molecule has 8 bridgehead atoms. The van der Waals surface area contributed by atoms with Gasteiger partial charge in [-0.2, -0.15) is 11.0 Å². The molecular weight excluding hydrogens is 1090 g/mol. The van der Waals surface area contributed by atoms with Crippen molar-refractivity contribution >= 4 is 69.1 Å². The monoisotopic (exact) mass is 1120 g/mol. The normalized spacial score (nSPS) is 11.6. The summed E-state index contributed by atoms with van der Waals surface area (Å²) in [6.45, 7) is 0. The fourth-order valence-corrected chi connectivity index (χ4v) is 11.1. The van der Waals surface area contributed by atoms with Crippen molar-refractivity contribution in [1.82, 2.24) is 19.9 Å². The zero-order valence-corrected chi connectivity index (χ0v) is 39.6. The molecule has 1 radical (unpaired) electrons. The Bertz CT molecular complexity index is 3910. The van der Waals surface area contributed by atoms with Crippen molar-refractivity contribution in [3.63, 3.8) is 0 Å². The fraction of sp³-hybridized carbons (Fsp3) is 0. The molecule has 1 aliphatic heterocycles. The molecule has 4 aromatic heterocycles. The average molecular weight is 1120 g/mol. The van der Waals surface area contributed by atoms with Gasteiger partial charge in [0.1, 0.15) is 15.9 Å². The van der Waals surface area contributed by atoms with E-state index in [2.05, 4.69) is 111 Å². The van der Waals surface area contributed by atoms with Crippen molar-refractivity contribution in [1.29, 1.82) is 0 Å². The third-order valence-electron chi connectivity index (χ3n) is 11.9. The minimum absolute atomic E-state index is 0. The van der Waals surface area contributed by atoms with E-state index in [-0.39, 0.29) is 27.8 Å². The predicted molar refractivity (Wildman–Crippen MR) is 254 cm³/mol. The van der Waals surface area contributed by atoms with Gasteiger partial charge in [0.2, 0.25) is 17.5 Å². The number of hydrogen-bond acceptors (Lipinski definition) is 1.